The lowest BCUT2D eigenvalue weighted by Crippen LogP contribution is -2.80. The van der Waals surface area contributed by atoms with Crippen LogP contribution in [0.15, 0.2) is 34.9 Å². The van der Waals surface area contributed by atoms with Gasteiger partial charge in [-0.15, -0.1) is 0 Å². The van der Waals surface area contributed by atoms with Crippen molar-refractivity contribution in [3.8, 4) is 0 Å². The summed E-state index contributed by atoms with van der Waals surface area (Å²) in [7, 11) is 6.48. The largest absolute Gasteiger partial charge is 0.468 e. The van der Waals surface area contributed by atoms with E-state index < -0.39 is 69.8 Å². The minimum atomic E-state index is -2.15. The first-order valence-corrected chi connectivity index (χ1v) is 10.7. The Balaban J connectivity index is 2.20. The monoisotopic (exact) mass is 504 g/mol. The normalized spacial score (nSPS) is 34.5. The van der Waals surface area contributed by atoms with Crippen LogP contribution in [-0.4, -0.2) is 78.5 Å². The highest BCUT2D eigenvalue weighted by Gasteiger charge is 2.89. The van der Waals surface area contributed by atoms with Gasteiger partial charge >= 0.3 is 35.8 Å². The van der Waals surface area contributed by atoms with E-state index in [-0.39, 0.29) is 16.7 Å². The zero-order valence-corrected chi connectivity index (χ0v) is 20.4. The van der Waals surface area contributed by atoms with Gasteiger partial charge in [0.15, 0.2) is 0 Å². The second-order valence-corrected chi connectivity index (χ2v) is 8.73. The van der Waals surface area contributed by atoms with Gasteiger partial charge in [-0.25, -0.2) is 14.4 Å². The van der Waals surface area contributed by atoms with Crippen LogP contribution >= 0.6 is 0 Å². The fourth-order valence-electron chi connectivity index (χ4n) is 6.82. The molecule has 0 aromatic rings. The van der Waals surface area contributed by atoms with Gasteiger partial charge in [0.25, 0.3) is 0 Å². The fraction of sp³-hybridized carbons (Fsp3) is 0.500. The molecule has 12 nitrogen and oxygen atoms in total. The number of ether oxygens (including phenoxy) is 6. The molecule has 1 saturated carbocycles. The summed E-state index contributed by atoms with van der Waals surface area (Å²) < 4.78 is 30.0. The predicted molar refractivity (Wildman–Crippen MR) is 114 cm³/mol. The highest BCUT2D eigenvalue weighted by atomic mass is 16.5. The van der Waals surface area contributed by atoms with E-state index in [1.54, 1.807) is 0 Å². The zero-order valence-electron chi connectivity index (χ0n) is 20.4. The SMILES string of the molecule is COC(=O)C1=C[C@H]2[C@@]3(C(=O)OC)C=C[C@](C(=O)OC)([C@H]4C(C(=O)OC)=C(C(=O)OC)[C@H]43)[C@@]12C(=O)OC. The highest BCUT2D eigenvalue weighted by Crippen LogP contribution is 2.81. The van der Waals surface area contributed by atoms with Gasteiger partial charge in [0, 0.05) is 17.8 Å². The van der Waals surface area contributed by atoms with Crippen molar-refractivity contribution in [2.45, 2.75) is 0 Å². The molecule has 0 unspecified atom stereocenters. The van der Waals surface area contributed by atoms with Crippen LogP contribution in [0.4, 0.5) is 0 Å². The summed E-state index contributed by atoms with van der Waals surface area (Å²) in [6.45, 7) is 0. The van der Waals surface area contributed by atoms with Crippen LogP contribution in [-0.2, 0) is 57.2 Å². The summed E-state index contributed by atoms with van der Waals surface area (Å²) in [5.74, 6) is -9.45. The maximum atomic E-state index is 13.7. The first-order valence-electron chi connectivity index (χ1n) is 10.7. The third-order valence-electron chi connectivity index (χ3n) is 8.05. The lowest BCUT2D eigenvalue weighted by atomic mass is 9.26. The van der Waals surface area contributed by atoms with Crippen LogP contribution in [0.3, 0.4) is 0 Å². The summed E-state index contributed by atoms with van der Waals surface area (Å²) in [6.07, 6.45) is 3.95. The van der Waals surface area contributed by atoms with E-state index in [2.05, 4.69) is 0 Å². The summed E-state index contributed by atoms with van der Waals surface area (Å²) in [5.41, 5.74) is -6.75. The third-order valence-corrected chi connectivity index (χ3v) is 8.05. The number of hydrogen-bond donors (Lipinski definition) is 0. The van der Waals surface area contributed by atoms with Crippen LogP contribution in [0, 0.1) is 34.0 Å². The van der Waals surface area contributed by atoms with Crippen molar-refractivity contribution < 1.29 is 57.2 Å². The first kappa shape index (κ1) is 25.1. The Labute approximate surface area is 205 Å². The second-order valence-electron chi connectivity index (χ2n) is 8.73. The van der Waals surface area contributed by atoms with Crippen molar-refractivity contribution >= 4 is 35.8 Å². The average molecular weight is 504 g/mol. The molecule has 1 fully saturated rings. The number of esters is 6. The van der Waals surface area contributed by atoms with E-state index in [0.717, 1.165) is 42.7 Å². The smallest absolute Gasteiger partial charge is 0.334 e. The maximum Gasteiger partial charge on any atom is 0.334 e. The molecule has 5 aliphatic carbocycles. The van der Waals surface area contributed by atoms with Crippen LogP contribution in [0.1, 0.15) is 0 Å². The van der Waals surface area contributed by atoms with E-state index >= 15 is 0 Å². The molecule has 192 valence electrons. The number of carbonyl (C=O) groups is 6. The van der Waals surface area contributed by atoms with Gasteiger partial charge in [0.05, 0.1) is 59.4 Å². The number of rotatable bonds is 6. The van der Waals surface area contributed by atoms with Crippen molar-refractivity contribution in [1.82, 2.24) is 0 Å². The maximum absolute atomic E-state index is 13.7. The molecule has 0 radical (unpaired) electrons. The minimum absolute atomic E-state index is 0.198. The van der Waals surface area contributed by atoms with E-state index in [4.69, 9.17) is 28.4 Å². The summed E-state index contributed by atoms with van der Waals surface area (Å²) in [6, 6.07) is 0. The van der Waals surface area contributed by atoms with Crippen molar-refractivity contribution in [3.05, 3.63) is 34.9 Å². The molecule has 0 aromatic carbocycles. The van der Waals surface area contributed by atoms with Crippen molar-refractivity contribution in [1.29, 1.82) is 0 Å². The standard InChI is InChI=1S/C24H24O12/c1-31-16(25)10-9-11-22(19(28)34-4)7-8-23(20(29)35-5,24(10,11)21(30)36-6)15-13(18(27)33-3)12(14(15)22)17(26)32-2/h7-9,11,14-15H,1-6H3/t11-,14+,15-,22-,23+,24-/m0/s1. The topological polar surface area (TPSA) is 158 Å². The lowest BCUT2D eigenvalue weighted by Gasteiger charge is -2.72. The summed E-state index contributed by atoms with van der Waals surface area (Å²) in [4.78, 5) is 79.6. The van der Waals surface area contributed by atoms with E-state index in [9.17, 15) is 28.8 Å². The quantitative estimate of drug-likeness (QED) is 0.264. The predicted octanol–water partition coefficient (Wildman–Crippen LogP) is -0.334. The molecule has 0 aromatic heterocycles. The van der Waals surface area contributed by atoms with Crippen LogP contribution in [0.5, 0.6) is 0 Å². The molecule has 36 heavy (non-hydrogen) atoms. The van der Waals surface area contributed by atoms with E-state index in [1.165, 1.54) is 18.2 Å². The van der Waals surface area contributed by atoms with Gasteiger partial charge in [0.2, 0.25) is 0 Å². The van der Waals surface area contributed by atoms with Crippen molar-refractivity contribution in [2.24, 2.45) is 34.0 Å². The van der Waals surface area contributed by atoms with E-state index in [0.29, 0.717) is 0 Å². The molecule has 5 rings (SSSR count). The van der Waals surface area contributed by atoms with Gasteiger partial charge in [-0.05, 0) is 0 Å². The Kier molecular flexibility index (Phi) is 5.61. The van der Waals surface area contributed by atoms with E-state index in [1.807, 2.05) is 0 Å². The Morgan fingerprint density at radius 1 is 0.611 bits per heavy atom. The zero-order chi connectivity index (χ0) is 26.8. The van der Waals surface area contributed by atoms with Crippen LogP contribution in [0.2, 0.25) is 0 Å². The van der Waals surface area contributed by atoms with Gasteiger partial charge in [0.1, 0.15) is 16.2 Å². The Morgan fingerprint density at radius 2 is 1.11 bits per heavy atom. The minimum Gasteiger partial charge on any atom is -0.468 e. The number of allylic oxidation sites excluding steroid dienone is 1. The molecule has 2 bridgehead atoms. The molecule has 5 aliphatic rings. The lowest BCUT2D eigenvalue weighted by molar-refractivity contribution is -0.219. The first-order chi connectivity index (χ1) is 17.1. The molecular formula is C24H24O12. The Hall–Kier alpha value is -3.96. The molecule has 6 atom stereocenters. The van der Waals surface area contributed by atoms with Gasteiger partial charge in [-0.3, -0.25) is 14.4 Å². The third kappa shape index (κ3) is 2.34. The second kappa shape index (κ2) is 8.04. The molecule has 0 amide bonds. The van der Waals surface area contributed by atoms with Crippen LogP contribution in [0.25, 0.3) is 0 Å². The van der Waals surface area contributed by atoms with Crippen LogP contribution < -0.4 is 0 Å². The average Bonchev–Trinajstić information content (AvgIpc) is 2.87. The fourth-order valence-corrected chi connectivity index (χ4v) is 6.82. The Bertz CT molecular complexity index is 1200. The highest BCUT2D eigenvalue weighted by molar-refractivity contribution is 6.13. The van der Waals surface area contributed by atoms with Crippen molar-refractivity contribution in [2.75, 3.05) is 42.7 Å². The molecule has 0 saturated heterocycles. The number of hydrogen-bond acceptors (Lipinski definition) is 12. The van der Waals surface area contributed by atoms with Gasteiger partial charge in [-0.2, -0.15) is 0 Å². The summed E-state index contributed by atoms with van der Waals surface area (Å²) in [5, 5.41) is 0. The molecule has 0 spiro atoms. The molecule has 0 aliphatic heterocycles. The molecule has 12 heteroatoms. The number of methoxy groups -OCH3 is 6. The molecule has 0 N–H and O–H groups in total. The van der Waals surface area contributed by atoms with Crippen molar-refractivity contribution in [3.63, 3.8) is 0 Å². The number of carbonyl (C=O) groups excluding carboxylic acids is 6. The van der Waals surface area contributed by atoms with Gasteiger partial charge < -0.3 is 28.4 Å². The molecule has 0 heterocycles. The summed E-state index contributed by atoms with van der Waals surface area (Å²) >= 11 is 0. The Morgan fingerprint density at radius 3 is 1.58 bits per heavy atom. The molecular weight excluding hydrogens is 480 g/mol. The van der Waals surface area contributed by atoms with Gasteiger partial charge in [-0.1, -0.05) is 18.2 Å².